The van der Waals surface area contributed by atoms with E-state index in [1.165, 1.54) is 0 Å². The van der Waals surface area contributed by atoms with Gasteiger partial charge in [-0.05, 0) is 13.0 Å². The fourth-order valence-corrected chi connectivity index (χ4v) is 2.08. The number of rotatable bonds is 2. The maximum atomic E-state index is 6.21. The molecule has 0 bridgehead atoms. The molecule has 0 N–H and O–H groups in total. The summed E-state index contributed by atoms with van der Waals surface area (Å²) in [6.45, 7) is 5.99. The van der Waals surface area contributed by atoms with Crippen molar-refractivity contribution in [2.24, 2.45) is 0 Å². The van der Waals surface area contributed by atoms with Crippen molar-refractivity contribution in [1.82, 2.24) is 9.97 Å². The van der Waals surface area contributed by atoms with Crippen LogP contribution in [0.4, 0.5) is 0 Å². The van der Waals surface area contributed by atoms with E-state index in [1.807, 2.05) is 45.0 Å². The van der Waals surface area contributed by atoms with Gasteiger partial charge in [-0.3, -0.25) is 0 Å². The zero-order valence-electron chi connectivity index (χ0n) is 10.5. The molecule has 1 heterocycles. The van der Waals surface area contributed by atoms with Gasteiger partial charge in [0.15, 0.2) is 0 Å². The molecule has 0 unspecified atom stereocenters. The Morgan fingerprint density at radius 3 is 2.33 bits per heavy atom. The lowest BCUT2D eigenvalue weighted by molar-refractivity contribution is 0.773. The second-order valence-corrected chi connectivity index (χ2v) is 5.25. The highest BCUT2D eigenvalue weighted by Gasteiger charge is 2.14. The molecule has 0 saturated heterocycles. The smallest absolute Gasteiger partial charge is 0.136 e. The quantitative estimate of drug-likeness (QED) is 0.733. The van der Waals surface area contributed by atoms with Crippen LogP contribution in [0.2, 0.25) is 10.2 Å². The molecule has 0 aliphatic heterocycles. The molecule has 0 amide bonds. The Labute approximate surface area is 117 Å². The topological polar surface area (TPSA) is 25.8 Å². The van der Waals surface area contributed by atoms with E-state index in [4.69, 9.17) is 23.2 Å². The molecule has 4 heteroatoms. The predicted octanol–water partition coefficient (Wildman–Crippen LogP) is 4.88. The molecule has 1 aromatic carbocycles. The molecule has 0 spiro atoms. The number of hydrogen-bond acceptors (Lipinski definition) is 2. The van der Waals surface area contributed by atoms with E-state index in [-0.39, 0.29) is 5.92 Å². The van der Waals surface area contributed by atoms with Crippen molar-refractivity contribution in [3.8, 4) is 11.3 Å². The number of nitrogens with zero attached hydrogens (tertiary/aromatic N) is 2. The number of hydrogen-bond donors (Lipinski definition) is 0. The Morgan fingerprint density at radius 2 is 1.72 bits per heavy atom. The SMILES string of the molecule is Cc1c(Cl)nc(C(C)C)nc1-c1ccccc1Cl. The summed E-state index contributed by atoms with van der Waals surface area (Å²) in [5.74, 6) is 0.963. The Balaban J connectivity index is 2.67. The van der Waals surface area contributed by atoms with E-state index < -0.39 is 0 Å². The van der Waals surface area contributed by atoms with Gasteiger partial charge >= 0.3 is 0 Å². The first-order valence-electron chi connectivity index (χ1n) is 5.79. The van der Waals surface area contributed by atoms with Crippen LogP contribution in [0.1, 0.15) is 31.2 Å². The summed E-state index contributed by atoms with van der Waals surface area (Å²) in [7, 11) is 0. The van der Waals surface area contributed by atoms with E-state index >= 15 is 0 Å². The van der Waals surface area contributed by atoms with Crippen LogP contribution >= 0.6 is 23.2 Å². The van der Waals surface area contributed by atoms with Gasteiger partial charge in [-0.1, -0.05) is 55.2 Å². The monoisotopic (exact) mass is 280 g/mol. The molecule has 2 aromatic rings. The predicted molar refractivity (Wildman–Crippen MR) is 76.3 cm³/mol. The van der Waals surface area contributed by atoms with Crippen molar-refractivity contribution in [2.45, 2.75) is 26.7 Å². The summed E-state index contributed by atoms with van der Waals surface area (Å²) in [5.41, 5.74) is 2.56. The third-order valence-electron chi connectivity index (χ3n) is 2.75. The van der Waals surface area contributed by atoms with Gasteiger partial charge in [0.25, 0.3) is 0 Å². The molecule has 2 nitrogen and oxygen atoms in total. The minimum absolute atomic E-state index is 0.226. The Morgan fingerprint density at radius 1 is 1.06 bits per heavy atom. The van der Waals surface area contributed by atoms with Crippen LogP contribution < -0.4 is 0 Å². The van der Waals surface area contributed by atoms with Crippen molar-refractivity contribution in [3.05, 3.63) is 45.8 Å². The van der Waals surface area contributed by atoms with Crippen molar-refractivity contribution < 1.29 is 0 Å². The zero-order valence-corrected chi connectivity index (χ0v) is 12.0. The molecule has 0 atom stereocenters. The minimum atomic E-state index is 0.226. The van der Waals surface area contributed by atoms with E-state index in [9.17, 15) is 0 Å². The first kappa shape index (κ1) is 13.3. The lowest BCUT2D eigenvalue weighted by Crippen LogP contribution is -2.02. The third kappa shape index (κ3) is 2.50. The zero-order chi connectivity index (χ0) is 13.3. The summed E-state index contributed by atoms with van der Waals surface area (Å²) in [4.78, 5) is 8.88. The fraction of sp³-hybridized carbons (Fsp3) is 0.286. The lowest BCUT2D eigenvalue weighted by atomic mass is 10.1. The van der Waals surface area contributed by atoms with Crippen molar-refractivity contribution in [1.29, 1.82) is 0 Å². The van der Waals surface area contributed by atoms with Gasteiger partial charge in [0.2, 0.25) is 0 Å². The van der Waals surface area contributed by atoms with Crippen LogP contribution in [0.25, 0.3) is 11.3 Å². The minimum Gasteiger partial charge on any atom is -0.232 e. The fourth-order valence-electron chi connectivity index (χ4n) is 1.68. The summed E-state index contributed by atoms with van der Waals surface area (Å²) in [6, 6.07) is 7.62. The van der Waals surface area contributed by atoms with Gasteiger partial charge in [0.1, 0.15) is 11.0 Å². The average Bonchev–Trinajstić information content (AvgIpc) is 2.33. The number of aromatic nitrogens is 2. The maximum absolute atomic E-state index is 6.21. The van der Waals surface area contributed by atoms with Crippen molar-refractivity contribution in [3.63, 3.8) is 0 Å². The van der Waals surface area contributed by atoms with Gasteiger partial charge in [-0.15, -0.1) is 0 Å². The van der Waals surface area contributed by atoms with Crippen LogP contribution in [0.15, 0.2) is 24.3 Å². The third-order valence-corrected chi connectivity index (χ3v) is 3.45. The molecule has 0 saturated carbocycles. The summed E-state index contributed by atoms with van der Waals surface area (Å²) in [6.07, 6.45) is 0. The molecule has 0 aliphatic carbocycles. The van der Waals surface area contributed by atoms with Gasteiger partial charge in [0, 0.05) is 22.1 Å². The van der Waals surface area contributed by atoms with Crippen LogP contribution in [0.3, 0.4) is 0 Å². The number of benzene rings is 1. The van der Waals surface area contributed by atoms with Crippen LogP contribution in [0, 0.1) is 6.92 Å². The van der Waals surface area contributed by atoms with Crippen LogP contribution in [0.5, 0.6) is 0 Å². The standard InChI is InChI=1S/C14H14Cl2N2/c1-8(2)14-17-12(9(3)13(16)18-14)10-6-4-5-7-11(10)15/h4-8H,1-3H3. The first-order valence-corrected chi connectivity index (χ1v) is 6.55. The normalized spacial score (nSPS) is 11.0. The van der Waals surface area contributed by atoms with Gasteiger partial charge in [0.05, 0.1) is 5.69 Å². The molecule has 0 fully saturated rings. The van der Waals surface area contributed by atoms with Gasteiger partial charge in [-0.25, -0.2) is 9.97 Å². The van der Waals surface area contributed by atoms with Gasteiger partial charge in [-0.2, -0.15) is 0 Å². The van der Waals surface area contributed by atoms with Crippen LogP contribution in [-0.4, -0.2) is 9.97 Å². The summed E-state index contributed by atoms with van der Waals surface area (Å²) >= 11 is 12.4. The van der Waals surface area contributed by atoms with E-state index in [0.717, 1.165) is 22.6 Å². The molecule has 1 aromatic heterocycles. The highest BCUT2D eigenvalue weighted by Crippen LogP contribution is 2.31. The molecule has 0 radical (unpaired) electrons. The molecule has 18 heavy (non-hydrogen) atoms. The number of halogens is 2. The van der Waals surface area contributed by atoms with Gasteiger partial charge < -0.3 is 0 Å². The molecule has 0 aliphatic rings. The maximum Gasteiger partial charge on any atom is 0.136 e. The lowest BCUT2D eigenvalue weighted by Gasteiger charge is -2.12. The van der Waals surface area contributed by atoms with Crippen LogP contribution in [-0.2, 0) is 0 Å². The highest BCUT2D eigenvalue weighted by atomic mass is 35.5. The Kier molecular flexibility index (Phi) is 3.88. The molecule has 2 rings (SSSR count). The molecule has 94 valence electrons. The average molecular weight is 281 g/mol. The molecular formula is C14H14Cl2N2. The van der Waals surface area contributed by atoms with Crippen molar-refractivity contribution >= 4 is 23.2 Å². The first-order chi connectivity index (χ1) is 8.50. The van der Waals surface area contributed by atoms with E-state index in [2.05, 4.69) is 9.97 Å². The second-order valence-electron chi connectivity index (χ2n) is 4.48. The largest absolute Gasteiger partial charge is 0.232 e. The summed E-state index contributed by atoms with van der Waals surface area (Å²) < 4.78 is 0. The summed E-state index contributed by atoms with van der Waals surface area (Å²) in [5, 5.41) is 1.16. The molecular weight excluding hydrogens is 267 g/mol. The van der Waals surface area contributed by atoms with E-state index in [0.29, 0.717) is 10.2 Å². The Bertz CT molecular complexity index is 580. The Hall–Kier alpha value is -1.12. The second kappa shape index (κ2) is 5.25. The van der Waals surface area contributed by atoms with Crippen molar-refractivity contribution in [2.75, 3.05) is 0 Å². The van der Waals surface area contributed by atoms with E-state index in [1.54, 1.807) is 0 Å². The highest BCUT2D eigenvalue weighted by molar-refractivity contribution is 6.33.